The van der Waals surface area contributed by atoms with E-state index in [2.05, 4.69) is 10.2 Å². The molecule has 1 atom stereocenters. The van der Waals surface area contributed by atoms with Gasteiger partial charge in [0, 0.05) is 36.3 Å². The Kier molecular flexibility index (Phi) is 5.90. The summed E-state index contributed by atoms with van der Waals surface area (Å²) in [6.45, 7) is 2.84. The fourth-order valence-corrected chi connectivity index (χ4v) is 4.26. The monoisotopic (exact) mass is 395 g/mol. The molecule has 0 radical (unpaired) electrons. The van der Waals surface area contributed by atoms with Crippen LogP contribution in [0.3, 0.4) is 0 Å². The summed E-state index contributed by atoms with van der Waals surface area (Å²) in [5, 5.41) is 2.98. The maximum absolute atomic E-state index is 14.4. The number of carbonyl (C=O) groups excluding carboxylic acids is 2. The highest BCUT2D eigenvalue weighted by atomic mass is 19.1. The molecule has 6 heteroatoms. The lowest BCUT2D eigenvalue weighted by Crippen LogP contribution is -2.37. The van der Waals surface area contributed by atoms with Crippen molar-refractivity contribution in [3.63, 3.8) is 0 Å². The first-order chi connectivity index (χ1) is 14.1. The number of nitrogens with one attached hydrogen (secondary N) is 1. The van der Waals surface area contributed by atoms with Crippen LogP contribution < -0.4 is 10.2 Å². The molecule has 2 heterocycles. The van der Waals surface area contributed by atoms with E-state index in [1.54, 1.807) is 35.2 Å². The van der Waals surface area contributed by atoms with Crippen molar-refractivity contribution in [2.24, 2.45) is 0 Å². The number of nitrogens with zero attached hydrogens (tertiary/aromatic N) is 2. The van der Waals surface area contributed by atoms with Gasteiger partial charge in [0.2, 0.25) is 5.91 Å². The molecule has 0 aromatic heterocycles. The van der Waals surface area contributed by atoms with E-state index in [-0.39, 0.29) is 23.7 Å². The van der Waals surface area contributed by atoms with E-state index in [0.29, 0.717) is 30.6 Å². The summed E-state index contributed by atoms with van der Waals surface area (Å²) in [7, 11) is 0. The van der Waals surface area contributed by atoms with Crippen LogP contribution in [-0.2, 0) is 4.79 Å². The van der Waals surface area contributed by atoms with Gasteiger partial charge in [-0.25, -0.2) is 4.39 Å². The van der Waals surface area contributed by atoms with E-state index >= 15 is 0 Å². The van der Waals surface area contributed by atoms with Crippen LogP contribution in [0, 0.1) is 5.82 Å². The first-order valence-electron chi connectivity index (χ1n) is 10.3. The second kappa shape index (κ2) is 8.74. The number of anilines is 1. The van der Waals surface area contributed by atoms with Crippen molar-refractivity contribution in [3.05, 3.63) is 65.5 Å². The predicted molar refractivity (Wildman–Crippen MR) is 110 cm³/mol. The lowest BCUT2D eigenvalue weighted by molar-refractivity contribution is -0.117. The quantitative estimate of drug-likeness (QED) is 0.814. The highest BCUT2D eigenvalue weighted by Gasteiger charge is 2.26. The van der Waals surface area contributed by atoms with Crippen molar-refractivity contribution >= 4 is 17.5 Å². The Labute approximate surface area is 170 Å². The van der Waals surface area contributed by atoms with Crippen molar-refractivity contribution in [2.45, 2.75) is 31.7 Å². The van der Waals surface area contributed by atoms with Crippen LogP contribution in [0.5, 0.6) is 0 Å². The summed E-state index contributed by atoms with van der Waals surface area (Å²) in [4.78, 5) is 28.8. The van der Waals surface area contributed by atoms with E-state index < -0.39 is 0 Å². The van der Waals surface area contributed by atoms with Crippen molar-refractivity contribution < 1.29 is 14.0 Å². The van der Waals surface area contributed by atoms with Gasteiger partial charge in [0.05, 0.1) is 6.04 Å². The Morgan fingerprint density at radius 1 is 1.03 bits per heavy atom. The Balaban J connectivity index is 1.48. The second-order valence-electron chi connectivity index (χ2n) is 7.69. The third-order valence-electron chi connectivity index (χ3n) is 5.80. The molecule has 0 bridgehead atoms. The molecule has 2 aromatic rings. The molecule has 2 aliphatic heterocycles. The summed E-state index contributed by atoms with van der Waals surface area (Å²) < 4.78 is 14.4. The molecule has 5 nitrogen and oxygen atoms in total. The molecule has 2 aromatic carbocycles. The summed E-state index contributed by atoms with van der Waals surface area (Å²) >= 11 is 0. The van der Waals surface area contributed by atoms with Gasteiger partial charge >= 0.3 is 0 Å². The van der Waals surface area contributed by atoms with Gasteiger partial charge in [0.25, 0.3) is 5.91 Å². The fraction of sp³-hybridized carbons (Fsp3) is 0.391. The zero-order chi connectivity index (χ0) is 20.2. The van der Waals surface area contributed by atoms with Gasteiger partial charge in [-0.1, -0.05) is 24.3 Å². The number of likely N-dealkylation sites (tertiary alicyclic amines) is 1. The molecule has 0 unspecified atom stereocenters. The van der Waals surface area contributed by atoms with Gasteiger partial charge in [-0.3, -0.25) is 14.5 Å². The molecule has 0 spiro atoms. The number of amides is 2. The molecule has 2 fully saturated rings. The smallest absolute Gasteiger partial charge is 0.251 e. The second-order valence-corrected chi connectivity index (χ2v) is 7.69. The summed E-state index contributed by atoms with van der Waals surface area (Å²) in [6, 6.07) is 13.7. The SMILES string of the molecule is O=C(NC[C@@H](c1ccccc1F)N1CCCC1)c1cccc(N2CCCC2=O)c1. The normalized spacial score (nSPS) is 18.2. The van der Waals surface area contributed by atoms with Crippen LogP contribution in [0.25, 0.3) is 0 Å². The Morgan fingerprint density at radius 2 is 1.83 bits per heavy atom. The molecule has 29 heavy (non-hydrogen) atoms. The highest BCUT2D eigenvalue weighted by Crippen LogP contribution is 2.27. The lowest BCUT2D eigenvalue weighted by atomic mass is 10.0. The fourth-order valence-electron chi connectivity index (χ4n) is 4.26. The Bertz CT molecular complexity index is 895. The molecular formula is C23H26FN3O2. The van der Waals surface area contributed by atoms with Crippen LogP contribution in [0.1, 0.15) is 47.6 Å². The van der Waals surface area contributed by atoms with Crippen LogP contribution >= 0.6 is 0 Å². The van der Waals surface area contributed by atoms with Crippen LogP contribution in [-0.4, -0.2) is 42.9 Å². The first kappa shape index (κ1) is 19.6. The van der Waals surface area contributed by atoms with Gasteiger partial charge in [-0.05, 0) is 56.6 Å². The molecule has 0 saturated carbocycles. The number of carbonyl (C=O) groups is 2. The van der Waals surface area contributed by atoms with Gasteiger partial charge in [-0.15, -0.1) is 0 Å². The average molecular weight is 395 g/mol. The molecule has 152 valence electrons. The standard InChI is InChI=1S/C23H26FN3O2/c24-20-10-2-1-9-19(20)21(26-12-3-4-13-26)16-25-23(29)17-7-5-8-18(15-17)27-14-6-11-22(27)28/h1-2,5,7-10,15,21H,3-4,6,11-14,16H2,(H,25,29)/t21-/m0/s1. The third kappa shape index (κ3) is 4.32. The van der Waals surface area contributed by atoms with E-state index in [1.807, 2.05) is 12.1 Å². The zero-order valence-corrected chi connectivity index (χ0v) is 16.4. The topological polar surface area (TPSA) is 52.7 Å². The molecular weight excluding hydrogens is 369 g/mol. The third-order valence-corrected chi connectivity index (χ3v) is 5.80. The van der Waals surface area contributed by atoms with E-state index in [1.165, 1.54) is 6.07 Å². The van der Waals surface area contributed by atoms with Gasteiger partial charge < -0.3 is 10.2 Å². The summed E-state index contributed by atoms with van der Waals surface area (Å²) in [5.41, 5.74) is 1.88. The van der Waals surface area contributed by atoms with Gasteiger partial charge in [0.1, 0.15) is 5.82 Å². The van der Waals surface area contributed by atoms with Gasteiger partial charge in [0.15, 0.2) is 0 Å². The molecule has 1 N–H and O–H groups in total. The number of benzene rings is 2. The van der Waals surface area contributed by atoms with Crippen LogP contribution in [0.4, 0.5) is 10.1 Å². The molecule has 2 saturated heterocycles. The number of hydrogen-bond acceptors (Lipinski definition) is 3. The van der Waals surface area contributed by atoms with E-state index in [4.69, 9.17) is 0 Å². The molecule has 2 amide bonds. The van der Waals surface area contributed by atoms with Crippen LogP contribution in [0.2, 0.25) is 0 Å². The maximum Gasteiger partial charge on any atom is 0.251 e. The number of rotatable bonds is 6. The Hall–Kier alpha value is -2.73. The largest absolute Gasteiger partial charge is 0.350 e. The van der Waals surface area contributed by atoms with Gasteiger partial charge in [-0.2, -0.15) is 0 Å². The van der Waals surface area contributed by atoms with Crippen molar-refractivity contribution in [1.82, 2.24) is 10.2 Å². The highest BCUT2D eigenvalue weighted by molar-refractivity contribution is 5.99. The van der Waals surface area contributed by atoms with Crippen molar-refractivity contribution in [2.75, 3.05) is 31.1 Å². The molecule has 4 rings (SSSR count). The predicted octanol–water partition coefficient (Wildman–Crippen LogP) is 3.52. The molecule has 0 aliphatic carbocycles. The molecule has 2 aliphatic rings. The minimum atomic E-state index is -0.242. The van der Waals surface area contributed by atoms with Crippen molar-refractivity contribution in [3.8, 4) is 0 Å². The maximum atomic E-state index is 14.4. The number of hydrogen-bond donors (Lipinski definition) is 1. The van der Waals surface area contributed by atoms with E-state index in [9.17, 15) is 14.0 Å². The van der Waals surface area contributed by atoms with Crippen LogP contribution in [0.15, 0.2) is 48.5 Å². The zero-order valence-electron chi connectivity index (χ0n) is 16.4. The minimum Gasteiger partial charge on any atom is -0.350 e. The van der Waals surface area contributed by atoms with E-state index in [0.717, 1.165) is 38.0 Å². The lowest BCUT2D eigenvalue weighted by Gasteiger charge is -2.28. The average Bonchev–Trinajstić information content (AvgIpc) is 3.41. The first-order valence-corrected chi connectivity index (χ1v) is 10.3. The number of halogens is 1. The minimum absolute atomic E-state index is 0.0937. The summed E-state index contributed by atoms with van der Waals surface area (Å²) in [5.74, 6) is -0.358. The Morgan fingerprint density at radius 3 is 2.55 bits per heavy atom. The summed E-state index contributed by atoms with van der Waals surface area (Å²) in [6.07, 6.45) is 3.57. The van der Waals surface area contributed by atoms with Crippen molar-refractivity contribution in [1.29, 1.82) is 0 Å².